The summed E-state index contributed by atoms with van der Waals surface area (Å²) in [6.07, 6.45) is 3.01. The third-order valence-corrected chi connectivity index (χ3v) is 5.28. The van der Waals surface area contributed by atoms with Gasteiger partial charge in [0.25, 0.3) is 0 Å². The zero-order valence-corrected chi connectivity index (χ0v) is 21.7. The Morgan fingerprint density at radius 3 is 2.20 bits per heavy atom. The van der Waals surface area contributed by atoms with Gasteiger partial charge in [0.15, 0.2) is 5.56 Å². The number of nitrogens with one attached hydrogen (secondary N) is 1. The van der Waals surface area contributed by atoms with Crippen molar-refractivity contribution in [3.8, 4) is 0 Å². The number of hydrogen-bond acceptors (Lipinski definition) is 3. The number of aromatic nitrogens is 1. The van der Waals surface area contributed by atoms with Crippen LogP contribution in [0.5, 0.6) is 0 Å². The molecule has 3 aromatic rings. The zero-order valence-electron chi connectivity index (χ0n) is 17.6. The predicted molar refractivity (Wildman–Crippen MR) is 118 cm³/mol. The Morgan fingerprint density at radius 1 is 0.933 bits per heavy atom. The molecule has 1 aromatic heterocycles. The smallest absolute Gasteiger partial charge is 0.358 e. The number of rotatable bonds is 7. The maximum Gasteiger partial charge on any atom is 2.00 e. The first-order chi connectivity index (χ1) is 13.8. The van der Waals surface area contributed by atoms with E-state index in [1.807, 2.05) is 42.6 Å². The van der Waals surface area contributed by atoms with Gasteiger partial charge in [-0.25, -0.2) is 0 Å². The van der Waals surface area contributed by atoms with Crippen LogP contribution < -0.4 is 10.9 Å². The molecule has 0 amide bonds. The standard InChI is InChI=1S/C24H26N3O.CH3.U/c28-24-15-22(11-14-27(24)18-21-9-5-2-6-10-21)16-25-23-12-13-26(19-23)17-20-7-3-1-4-8-20;;/h1-11,14,23,25H,12-13,16-19H2;1H3;/q2*-1;+2. The average molecular weight is 626 g/mol. The summed E-state index contributed by atoms with van der Waals surface area (Å²) in [5.41, 5.74) is 3.34. The third kappa shape index (κ3) is 6.96. The molecule has 2 heterocycles. The van der Waals surface area contributed by atoms with E-state index in [4.69, 9.17) is 0 Å². The first-order valence-electron chi connectivity index (χ1n) is 9.91. The first-order valence-corrected chi connectivity index (χ1v) is 9.91. The van der Waals surface area contributed by atoms with Crippen LogP contribution in [-0.2, 0) is 19.6 Å². The minimum absolute atomic E-state index is 0. The normalized spacial score (nSPS) is 15.9. The third-order valence-electron chi connectivity index (χ3n) is 5.28. The number of nitrogens with zero attached hydrogens (tertiary/aromatic N) is 2. The van der Waals surface area contributed by atoms with Crippen LogP contribution in [0, 0.1) is 44.6 Å². The maximum atomic E-state index is 12.4. The van der Waals surface area contributed by atoms with Crippen molar-refractivity contribution in [3.63, 3.8) is 0 Å². The maximum absolute atomic E-state index is 12.4. The molecule has 1 aliphatic rings. The van der Waals surface area contributed by atoms with Gasteiger partial charge in [-0.2, -0.15) is 17.7 Å². The van der Waals surface area contributed by atoms with E-state index in [0.29, 0.717) is 19.1 Å². The summed E-state index contributed by atoms with van der Waals surface area (Å²) in [5.74, 6) is 0. The van der Waals surface area contributed by atoms with Crippen LogP contribution in [0.3, 0.4) is 0 Å². The van der Waals surface area contributed by atoms with Crippen LogP contribution in [0.4, 0.5) is 0 Å². The first kappa shape index (κ1) is 24.6. The van der Waals surface area contributed by atoms with Crippen LogP contribution in [0.15, 0.2) is 77.7 Å². The number of pyridine rings is 1. The fourth-order valence-electron chi connectivity index (χ4n) is 3.74. The van der Waals surface area contributed by atoms with Gasteiger partial charge in [0.05, 0.1) is 0 Å². The molecule has 154 valence electrons. The molecule has 0 aliphatic carbocycles. The van der Waals surface area contributed by atoms with Gasteiger partial charge in [0.1, 0.15) is 0 Å². The summed E-state index contributed by atoms with van der Waals surface area (Å²) in [5, 5.41) is 3.59. The molecular weight excluding hydrogens is 596 g/mol. The monoisotopic (exact) mass is 625 g/mol. The van der Waals surface area contributed by atoms with Gasteiger partial charge < -0.3 is 17.3 Å². The van der Waals surface area contributed by atoms with Crippen molar-refractivity contribution in [2.45, 2.75) is 32.1 Å². The Kier molecular flexibility index (Phi) is 10.1. The summed E-state index contributed by atoms with van der Waals surface area (Å²) in [7, 11) is 0. The van der Waals surface area contributed by atoms with E-state index in [1.54, 1.807) is 4.57 Å². The van der Waals surface area contributed by atoms with Crippen LogP contribution in [0.1, 0.15) is 23.1 Å². The van der Waals surface area contributed by atoms with E-state index in [2.05, 4.69) is 46.6 Å². The van der Waals surface area contributed by atoms with E-state index >= 15 is 0 Å². The molecule has 0 bridgehead atoms. The van der Waals surface area contributed by atoms with Crippen LogP contribution >= 0.6 is 0 Å². The second-order valence-electron chi connectivity index (χ2n) is 7.47. The molecule has 1 saturated heterocycles. The topological polar surface area (TPSA) is 37.3 Å². The van der Waals surface area contributed by atoms with Gasteiger partial charge in [-0.3, -0.25) is 9.69 Å². The molecule has 1 aliphatic heterocycles. The molecule has 1 fully saturated rings. The van der Waals surface area contributed by atoms with Crippen molar-refractivity contribution < 1.29 is 31.1 Å². The second kappa shape index (κ2) is 12.3. The molecule has 1 N–H and O–H groups in total. The summed E-state index contributed by atoms with van der Waals surface area (Å²) < 4.78 is 1.70. The van der Waals surface area contributed by atoms with Crippen molar-refractivity contribution in [2.24, 2.45) is 0 Å². The van der Waals surface area contributed by atoms with Crippen molar-refractivity contribution in [3.05, 3.63) is 113 Å². The SMILES string of the molecule is O=c1[c-]c(CNC2CCN(Cc3ccccc3)C2)ccn1Cc1ccccc1.[CH3-].[U+2]. The zero-order chi connectivity index (χ0) is 19.2. The molecule has 2 aromatic carbocycles. The molecule has 0 saturated carbocycles. The van der Waals surface area contributed by atoms with Crippen LogP contribution in [0.2, 0.25) is 0 Å². The fourth-order valence-corrected chi connectivity index (χ4v) is 3.74. The molecule has 30 heavy (non-hydrogen) atoms. The van der Waals surface area contributed by atoms with Crippen molar-refractivity contribution in [2.75, 3.05) is 13.1 Å². The molecule has 0 spiro atoms. The minimum atomic E-state index is -0.0692. The summed E-state index contributed by atoms with van der Waals surface area (Å²) in [6.45, 7) is 4.42. The molecule has 5 heteroatoms. The summed E-state index contributed by atoms with van der Waals surface area (Å²) >= 11 is 0. The Morgan fingerprint density at radius 2 is 1.57 bits per heavy atom. The van der Waals surface area contributed by atoms with E-state index in [9.17, 15) is 4.79 Å². The molecule has 0 radical (unpaired) electrons. The second-order valence-corrected chi connectivity index (χ2v) is 7.47. The quantitative estimate of drug-likeness (QED) is 0.409. The molecule has 4 rings (SSSR count). The van der Waals surface area contributed by atoms with Gasteiger partial charge >= 0.3 is 31.1 Å². The van der Waals surface area contributed by atoms with E-state index in [0.717, 1.165) is 37.2 Å². The Bertz CT molecular complexity index is 943. The summed E-state index contributed by atoms with van der Waals surface area (Å²) in [4.78, 5) is 14.8. The Balaban J connectivity index is 0.00000160. The Labute approximate surface area is 203 Å². The van der Waals surface area contributed by atoms with Crippen molar-refractivity contribution in [1.29, 1.82) is 0 Å². The van der Waals surface area contributed by atoms with Gasteiger partial charge in [0, 0.05) is 32.2 Å². The largest absolute Gasteiger partial charge is 2.00 e. The Hall–Kier alpha value is -1.64. The molecule has 1 atom stereocenters. The molecule has 1 unspecified atom stereocenters. The minimum Gasteiger partial charge on any atom is -0.358 e. The van der Waals surface area contributed by atoms with Crippen LogP contribution in [-0.4, -0.2) is 28.6 Å². The predicted octanol–water partition coefficient (Wildman–Crippen LogP) is 3.51. The van der Waals surface area contributed by atoms with Crippen LogP contribution in [0.25, 0.3) is 0 Å². The van der Waals surface area contributed by atoms with E-state index < -0.39 is 0 Å². The van der Waals surface area contributed by atoms with Gasteiger partial charge in [-0.05, 0) is 24.1 Å². The summed E-state index contributed by atoms with van der Waals surface area (Å²) in [6, 6.07) is 26.1. The fraction of sp³-hybridized carbons (Fsp3) is 0.280. The van der Waals surface area contributed by atoms with E-state index in [1.165, 1.54) is 5.56 Å². The average Bonchev–Trinajstić information content (AvgIpc) is 3.17. The van der Waals surface area contributed by atoms with Crippen molar-refractivity contribution >= 4 is 0 Å². The van der Waals surface area contributed by atoms with E-state index in [-0.39, 0.29) is 44.1 Å². The number of likely N-dealkylation sites (tertiary alicyclic amines) is 1. The van der Waals surface area contributed by atoms with Gasteiger partial charge in [-0.15, -0.1) is 0 Å². The number of hydrogen-bond donors (Lipinski definition) is 1. The van der Waals surface area contributed by atoms with Gasteiger partial charge in [-0.1, -0.05) is 66.9 Å². The molecular formula is C25H29N3OU. The van der Waals surface area contributed by atoms with Gasteiger partial charge in [0.2, 0.25) is 0 Å². The van der Waals surface area contributed by atoms with Crippen molar-refractivity contribution in [1.82, 2.24) is 14.8 Å². The molecule has 4 nitrogen and oxygen atoms in total. The number of benzene rings is 2.